The minimum absolute atomic E-state index is 0.0309. The number of unbranched alkanes of at least 4 members (excludes halogenated alkanes) is 15. The predicted molar refractivity (Wildman–Crippen MR) is 180 cm³/mol. The van der Waals surface area contributed by atoms with Gasteiger partial charge >= 0.3 is 5.97 Å². The van der Waals surface area contributed by atoms with E-state index in [0.29, 0.717) is 16.6 Å². The second-order valence-corrected chi connectivity index (χ2v) is 11.9. The third kappa shape index (κ3) is 11.6. The van der Waals surface area contributed by atoms with Crippen molar-refractivity contribution in [3.8, 4) is 5.75 Å². The molecule has 3 rings (SSSR count). The van der Waals surface area contributed by atoms with Crippen molar-refractivity contribution in [1.82, 2.24) is 0 Å². The average Bonchev–Trinajstić information content (AvgIpc) is 3.00. The van der Waals surface area contributed by atoms with E-state index >= 15 is 0 Å². The highest BCUT2D eigenvalue weighted by Gasteiger charge is 2.16. The molecule has 43 heavy (non-hydrogen) atoms. The number of carbonyl (C=O) groups excluding carboxylic acids is 1. The van der Waals surface area contributed by atoms with Crippen molar-refractivity contribution in [2.24, 2.45) is 0 Å². The number of hydrogen-bond donors (Lipinski definition) is 3. The van der Waals surface area contributed by atoms with Crippen molar-refractivity contribution in [1.29, 1.82) is 0 Å². The number of hydrogen-bond acceptors (Lipinski definition) is 4. The van der Waals surface area contributed by atoms with Crippen LogP contribution in [0.3, 0.4) is 0 Å². The fourth-order valence-corrected chi connectivity index (χ4v) is 5.74. The number of benzene rings is 3. The summed E-state index contributed by atoms with van der Waals surface area (Å²) in [7, 11) is 1.97. The highest BCUT2D eigenvalue weighted by Crippen LogP contribution is 2.30. The molecule has 0 aliphatic carbocycles. The number of amides is 1. The summed E-state index contributed by atoms with van der Waals surface area (Å²) < 4.78 is 0. The van der Waals surface area contributed by atoms with Gasteiger partial charge in [-0.15, -0.1) is 0 Å². The van der Waals surface area contributed by atoms with Crippen LogP contribution in [-0.2, 0) is 0 Å². The lowest BCUT2D eigenvalue weighted by Crippen LogP contribution is -2.22. The molecule has 1 amide bonds. The van der Waals surface area contributed by atoms with Crippen molar-refractivity contribution in [3.63, 3.8) is 0 Å². The highest BCUT2D eigenvalue weighted by atomic mass is 16.4. The first-order valence-corrected chi connectivity index (χ1v) is 16.5. The molecule has 0 bridgehead atoms. The second-order valence-electron chi connectivity index (χ2n) is 11.9. The number of carboxylic acid groups (broad SMARTS) is 1. The van der Waals surface area contributed by atoms with Crippen LogP contribution < -0.4 is 10.2 Å². The average molecular weight is 589 g/mol. The molecule has 3 N–H and O–H groups in total. The van der Waals surface area contributed by atoms with Crippen LogP contribution in [0.2, 0.25) is 0 Å². The fourth-order valence-electron chi connectivity index (χ4n) is 5.74. The largest absolute Gasteiger partial charge is 0.507 e. The Kier molecular flexibility index (Phi) is 14.9. The zero-order valence-corrected chi connectivity index (χ0v) is 26.4. The molecular formula is C37H52N2O4. The smallest absolute Gasteiger partial charge is 0.335 e. The number of phenolic OH excluding ortho intramolecular Hbond substituents is 1. The number of rotatable bonds is 21. The fraction of sp³-hybridized carbons (Fsp3) is 0.514. The van der Waals surface area contributed by atoms with Gasteiger partial charge in [-0.05, 0) is 42.1 Å². The van der Waals surface area contributed by atoms with Gasteiger partial charge in [-0.25, -0.2) is 4.79 Å². The van der Waals surface area contributed by atoms with E-state index in [2.05, 4.69) is 17.1 Å². The van der Waals surface area contributed by atoms with E-state index in [1.807, 2.05) is 25.2 Å². The van der Waals surface area contributed by atoms with Crippen LogP contribution in [0.1, 0.15) is 130 Å². The van der Waals surface area contributed by atoms with Crippen LogP contribution in [0.15, 0.2) is 54.6 Å². The van der Waals surface area contributed by atoms with E-state index in [1.54, 1.807) is 24.3 Å². The van der Waals surface area contributed by atoms with Crippen molar-refractivity contribution in [2.75, 3.05) is 23.8 Å². The summed E-state index contributed by atoms with van der Waals surface area (Å²) in [6, 6.07) is 15.3. The second kappa shape index (κ2) is 18.9. The van der Waals surface area contributed by atoms with Crippen molar-refractivity contribution < 1.29 is 19.8 Å². The van der Waals surface area contributed by atoms with Crippen molar-refractivity contribution >= 4 is 34.0 Å². The molecule has 0 aromatic heterocycles. The summed E-state index contributed by atoms with van der Waals surface area (Å²) in [5.41, 5.74) is 1.63. The molecule has 6 heteroatoms. The number of fused-ring (bicyclic) bond motifs is 1. The lowest BCUT2D eigenvalue weighted by atomic mass is 10.0. The number of aromatic carboxylic acids is 1. The number of nitrogens with zero attached hydrogens (tertiary/aromatic N) is 1. The van der Waals surface area contributed by atoms with Gasteiger partial charge < -0.3 is 20.4 Å². The Morgan fingerprint density at radius 1 is 0.698 bits per heavy atom. The number of carboxylic acids is 1. The topological polar surface area (TPSA) is 89.9 Å². The molecular weight excluding hydrogens is 536 g/mol. The molecule has 0 fully saturated rings. The number of carbonyl (C=O) groups is 2. The van der Waals surface area contributed by atoms with E-state index in [0.717, 1.165) is 30.5 Å². The van der Waals surface area contributed by atoms with Crippen LogP contribution in [0.5, 0.6) is 5.75 Å². The first-order chi connectivity index (χ1) is 20.9. The van der Waals surface area contributed by atoms with Crippen molar-refractivity contribution in [3.05, 3.63) is 65.7 Å². The molecule has 0 aliphatic rings. The number of nitrogens with one attached hydrogen (secondary N) is 1. The first kappa shape index (κ1) is 34.0. The van der Waals surface area contributed by atoms with Gasteiger partial charge in [0.25, 0.3) is 5.91 Å². The standard InChI is InChI=1S/C37H52N2O4/c1-3-4-5-6-7-8-9-10-11-12-13-14-15-16-17-20-25-39(2)34-24-23-30(37(42)43)27-33(34)38-36(41)31-26-29-21-18-19-22-32(29)35(40)28-31/h18-19,21-24,26-28,40H,3-17,20,25H2,1-2H3,(H,38,41)(H,42,43). The third-order valence-electron chi connectivity index (χ3n) is 8.35. The van der Waals surface area contributed by atoms with Gasteiger partial charge in [0.05, 0.1) is 16.9 Å². The maximum atomic E-state index is 13.2. The molecule has 6 nitrogen and oxygen atoms in total. The van der Waals surface area contributed by atoms with Gasteiger partial charge in [-0.3, -0.25) is 4.79 Å². The predicted octanol–water partition coefficient (Wildman–Crippen LogP) is 10.2. The maximum absolute atomic E-state index is 13.2. The van der Waals surface area contributed by atoms with Gasteiger partial charge in [0.1, 0.15) is 5.75 Å². The first-order valence-electron chi connectivity index (χ1n) is 16.5. The molecule has 0 heterocycles. The van der Waals surface area contributed by atoms with Gasteiger partial charge in [0.2, 0.25) is 0 Å². The van der Waals surface area contributed by atoms with E-state index in [9.17, 15) is 19.8 Å². The monoisotopic (exact) mass is 588 g/mol. The SMILES string of the molecule is CCCCCCCCCCCCCCCCCCN(C)c1ccc(C(=O)O)cc1NC(=O)c1cc(O)c2ccccc2c1. The third-order valence-corrected chi connectivity index (χ3v) is 8.35. The highest BCUT2D eigenvalue weighted by molar-refractivity contribution is 6.09. The molecule has 0 atom stereocenters. The van der Waals surface area contributed by atoms with E-state index in [4.69, 9.17) is 0 Å². The van der Waals surface area contributed by atoms with Crippen LogP contribution in [0.25, 0.3) is 10.8 Å². The molecule has 0 unspecified atom stereocenters. The van der Waals surface area contributed by atoms with E-state index < -0.39 is 11.9 Å². The van der Waals surface area contributed by atoms with Crippen LogP contribution in [-0.4, -0.2) is 35.7 Å². The molecule has 234 valence electrons. The lowest BCUT2D eigenvalue weighted by Gasteiger charge is -2.23. The quantitative estimate of drug-likeness (QED) is 0.108. The summed E-state index contributed by atoms with van der Waals surface area (Å²) in [6.45, 7) is 3.08. The molecule has 0 radical (unpaired) electrons. The summed E-state index contributed by atoms with van der Waals surface area (Å²) in [4.78, 5) is 26.9. The Labute approximate surface area is 258 Å². The minimum Gasteiger partial charge on any atom is -0.507 e. The van der Waals surface area contributed by atoms with Crippen LogP contribution in [0, 0.1) is 0 Å². The Morgan fingerprint density at radius 3 is 1.84 bits per heavy atom. The lowest BCUT2D eigenvalue weighted by molar-refractivity contribution is 0.0696. The Bertz CT molecular complexity index is 1290. The summed E-state index contributed by atoms with van der Waals surface area (Å²) in [6.07, 6.45) is 21.2. The van der Waals surface area contributed by atoms with E-state index in [1.165, 1.54) is 102 Å². The summed E-state index contributed by atoms with van der Waals surface area (Å²) in [5.74, 6) is -1.42. The summed E-state index contributed by atoms with van der Waals surface area (Å²) in [5, 5.41) is 24.3. The Hall–Kier alpha value is -3.54. The van der Waals surface area contributed by atoms with Gasteiger partial charge in [0, 0.05) is 24.5 Å². The number of anilines is 2. The molecule has 3 aromatic rings. The summed E-state index contributed by atoms with van der Waals surface area (Å²) >= 11 is 0. The van der Waals surface area contributed by atoms with Crippen molar-refractivity contribution in [2.45, 2.75) is 110 Å². The van der Waals surface area contributed by atoms with Gasteiger partial charge in [-0.1, -0.05) is 128 Å². The molecule has 0 spiro atoms. The molecule has 3 aromatic carbocycles. The van der Waals surface area contributed by atoms with Crippen LogP contribution >= 0.6 is 0 Å². The Balaban J connectivity index is 1.40. The molecule has 0 saturated carbocycles. The molecule has 0 saturated heterocycles. The number of phenols is 1. The van der Waals surface area contributed by atoms with Crippen LogP contribution in [0.4, 0.5) is 11.4 Å². The van der Waals surface area contributed by atoms with E-state index in [-0.39, 0.29) is 11.3 Å². The minimum atomic E-state index is -1.05. The maximum Gasteiger partial charge on any atom is 0.335 e. The molecule has 0 aliphatic heterocycles. The zero-order valence-electron chi connectivity index (χ0n) is 26.4. The number of aromatic hydroxyl groups is 1. The van der Waals surface area contributed by atoms with Gasteiger partial charge in [0.15, 0.2) is 0 Å². The zero-order chi connectivity index (χ0) is 30.9. The normalized spacial score (nSPS) is 11.1. The van der Waals surface area contributed by atoms with Gasteiger partial charge in [-0.2, -0.15) is 0 Å². The Morgan fingerprint density at radius 2 is 1.26 bits per heavy atom.